The van der Waals surface area contributed by atoms with E-state index in [-0.39, 0.29) is 11.8 Å². The van der Waals surface area contributed by atoms with Crippen LogP contribution in [0.4, 0.5) is 5.69 Å². The monoisotopic (exact) mass is 261 g/mol. The van der Waals surface area contributed by atoms with Gasteiger partial charge in [0.05, 0.1) is 12.2 Å². The van der Waals surface area contributed by atoms with Crippen LogP contribution in [0.25, 0.3) is 0 Å². The molecule has 0 aliphatic rings. The minimum atomic E-state index is -0.329. The van der Waals surface area contributed by atoms with Gasteiger partial charge in [-0.2, -0.15) is 0 Å². The Hall–Kier alpha value is -2.10. The van der Waals surface area contributed by atoms with Gasteiger partial charge >= 0.3 is 5.97 Å². The SMILES string of the molecule is C=C(CN(C)c1ccc(C(=O)OCC)cc1)C(C)=O. The molecular weight excluding hydrogens is 242 g/mol. The van der Waals surface area contributed by atoms with Crippen molar-refractivity contribution >= 4 is 17.4 Å². The first kappa shape index (κ1) is 15.0. The summed E-state index contributed by atoms with van der Waals surface area (Å²) >= 11 is 0. The Morgan fingerprint density at radius 2 is 1.84 bits per heavy atom. The summed E-state index contributed by atoms with van der Waals surface area (Å²) in [6, 6.07) is 7.06. The molecule has 0 unspecified atom stereocenters. The highest BCUT2D eigenvalue weighted by Crippen LogP contribution is 2.15. The molecule has 4 heteroatoms. The largest absolute Gasteiger partial charge is 0.462 e. The van der Waals surface area contributed by atoms with Gasteiger partial charge in [0.1, 0.15) is 0 Å². The van der Waals surface area contributed by atoms with E-state index in [1.165, 1.54) is 6.92 Å². The van der Waals surface area contributed by atoms with E-state index in [9.17, 15) is 9.59 Å². The van der Waals surface area contributed by atoms with E-state index in [0.717, 1.165) is 5.69 Å². The number of benzene rings is 1. The van der Waals surface area contributed by atoms with Crippen molar-refractivity contribution in [3.63, 3.8) is 0 Å². The number of ketones is 1. The number of esters is 1. The van der Waals surface area contributed by atoms with Crippen molar-refractivity contribution in [2.75, 3.05) is 25.1 Å². The first-order valence-corrected chi connectivity index (χ1v) is 6.12. The fraction of sp³-hybridized carbons (Fsp3) is 0.333. The van der Waals surface area contributed by atoms with Crippen LogP contribution in [0.15, 0.2) is 36.4 Å². The predicted octanol–water partition coefficient (Wildman–Crippen LogP) is 2.44. The lowest BCUT2D eigenvalue weighted by Gasteiger charge is -2.19. The Kier molecular flexibility index (Phi) is 5.30. The Morgan fingerprint density at radius 1 is 1.26 bits per heavy atom. The van der Waals surface area contributed by atoms with Gasteiger partial charge in [-0.05, 0) is 38.1 Å². The minimum absolute atomic E-state index is 0.0185. The van der Waals surface area contributed by atoms with Crippen LogP contribution in [0.5, 0.6) is 0 Å². The van der Waals surface area contributed by atoms with Gasteiger partial charge in [-0.1, -0.05) is 6.58 Å². The number of hydrogen-bond donors (Lipinski definition) is 0. The first-order chi connectivity index (χ1) is 8.95. The smallest absolute Gasteiger partial charge is 0.338 e. The van der Waals surface area contributed by atoms with E-state index in [1.54, 1.807) is 19.1 Å². The summed E-state index contributed by atoms with van der Waals surface area (Å²) in [5, 5.41) is 0. The summed E-state index contributed by atoms with van der Waals surface area (Å²) in [6.45, 7) is 7.82. The molecule has 0 radical (unpaired) electrons. The van der Waals surface area contributed by atoms with Crippen molar-refractivity contribution in [1.82, 2.24) is 0 Å². The van der Waals surface area contributed by atoms with Crippen LogP contribution in [0.1, 0.15) is 24.2 Å². The van der Waals surface area contributed by atoms with Crippen LogP contribution < -0.4 is 4.90 Å². The number of Topliss-reactive ketones (excluding diaryl/α,β-unsaturated/α-hetero) is 1. The molecule has 0 aliphatic heterocycles. The number of carbonyl (C=O) groups is 2. The van der Waals surface area contributed by atoms with Gasteiger partial charge in [0.15, 0.2) is 5.78 Å². The molecule has 0 atom stereocenters. The van der Waals surface area contributed by atoms with Gasteiger partial charge < -0.3 is 9.64 Å². The fourth-order valence-electron chi connectivity index (χ4n) is 1.56. The third-order valence-corrected chi connectivity index (χ3v) is 2.75. The molecule has 0 bridgehead atoms. The lowest BCUT2D eigenvalue weighted by molar-refractivity contribution is -0.113. The maximum atomic E-state index is 11.5. The highest BCUT2D eigenvalue weighted by Gasteiger charge is 2.09. The molecule has 4 nitrogen and oxygen atoms in total. The third-order valence-electron chi connectivity index (χ3n) is 2.75. The maximum Gasteiger partial charge on any atom is 0.338 e. The molecule has 19 heavy (non-hydrogen) atoms. The first-order valence-electron chi connectivity index (χ1n) is 6.12. The highest BCUT2D eigenvalue weighted by molar-refractivity contribution is 5.93. The average Bonchev–Trinajstić information content (AvgIpc) is 2.39. The molecule has 0 aliphatic carbocycles. The Morgan fingerprint density at radius 3 is 2.32 bits per heavy atom. The number of hydrogen-bond acceptors (Lipinski definition) is 4. The molecule has 0 spiro atoms. The van der Waals surface area contributed by atoms with E-state index < -0.39 is 0 Å². The summed E-state index contributed by atoms with van der Waals surface area (Å²) in [6.07, 6.45) is 0. The van der Waals surface area contributed by atoms with Crippen LogP contribution >= 0.6 is 0 Å². The van der Waals surface area contributed by atoms with E-state index in [1.807, 2.05) is 24.1 Å². The fourth-order valence-corrected chi connectivity index (χ4v) is 1.56. The van der Waals surface area contributed by atoms with Crippen molar-refractivity contribution in [3.8, 4) is 0 Å². The van der Waals surface area contributed by atoms with Gasteiger partial charge in [-0.3, -0.25) is 4.79 Å². The molecular formula is C15H19NO3. The molecule has 0 amide bonds. The van der Waals surface area contributed by atoms with Crippen LogP contribution in [0.2, 0.25) is 0 Å². The van der Waals surface area contributed by atoms with E-state index in [4.69, 9.17) is 4.74 Å². The molecule has 0 saturated heterocycles. The summed E-state index contributed by atoms with van der Waals surface area (Å²) in [7, 11) is 1.87. The third kappa shape index (κ3) is 4.25. The molecule has 1 aromatic carbocycles. The zero-order valence-corrected chi connectivity index (χ0v) is 11.6. The van der Waals surface area contributed by atoms with Crippen molar-refractivity contribution in [2.45, 2.75) is 13.8 Å². The Bertz CT molecular complexity index is 477. The molecule has 102 valence electrons. The van der Waals surface area contributed by atoms with Gasteiger partial charge in [0.2, 0.25) is 0 Å². The zero-order chi connectivity index (χ0) is 14.4. The van der Waals surface area contributed by atoms with Crippen molar-refractivity contribution in [2.24, 2.45) is 0 Å². The number of ether oxygens (including phenoxy) is 1. The van der Waals surface area contributed by atoms with Gasteiger partial charge in [0.25, 0.3) is 0 Å². The molecule has 0 N–H and O–H groups in total. The van der Waals surface area contributed by atoms with Crippen molar-refractivity contribution < 1.29 is 14.3 Å². The summed E-state index contributed by atoms with van der Waals surface area (Å²) < 4.78 is 4.91. The van der Waals surface area contributed by atoms with Crippen LogP contribution in [0, 0.1) is 0 Å². The highest BCUT2D eigenvalue weighted by atomic mass is 16.5. The van der Waals surface area contributed by atoms with Crippen molar-refractivity contribution in [1.29, 1.82) is 0 Å². The van der Waals surface area contributed by atoms with Crippen LogP contribution in [-0.4, -0.2) is 32.0 Å². The summed E-state index contributed by atoms with van der Waals surface area (Å²) in [5.41, 5.74) is 1.98. The van der Waals surface area contributed by atoms with Gasteiger partial charge in [-0.25, -0.2) is 4.79 Å². The Labute approximate surface area is 113 Å². The molecule has 1 rings (SSSR count). The molecule has 0 heterocycles. The van der Waals surface area contributed by atoms with Crippen molar-refractivity contribution in [3.05, 3.63) is 42.0 Å². The normalized spacial score (nSPS) is 9.84. The Balaban J connectivity index is 2.73. The second-order valence-electron chi connectivity index (χ2n) is 4.28. The van der Waals surface area contributed by atoms with E-state index in [2.05, 4.69) is 6.58 Å². The lowest BCUT2D eigenvalue weighted by Crippen LogP contribution is -2.22. The molecule has 1 aromatic rings. The topological polar surface area (TPSA) is 46.6 Å². The number of anilines is 1. The number of carbonyl (C=O) groups excluding carboxylic acids is 2. The summed E-state index contributed by atoms with van der Waals surface area (Å²) in [5.74, 6) is -0.347. The standard InChI is InChI=1S/C15H19NO3/c1-5-19-15(18)13-6-8-14(9-7-13)16(4)10-11(2)12(3)17/h6-9H,2,5,10H2,1,3-4H3. The lowest BCUT2D eigenvalue weighted by atomic mass is 10.1. The van der Waals surface area contributed by atoms with Crippen LogP contribution in [-0.2, 0) is 9.53 Å². The second-order valence-corrected chi connectivity index (χ2v) is 4.28. The molecule has 0 fully saturated rings. The molecule has 0 saturated carbocycles. The van der Waals surface area contributed by atoms with Gasteiger partial charge in [-0.15, -0.1) is 0 Å². The van der Waals surface area contributed by atoms with Crippen LogP contribution in [0.3, 0.4) is 0 Å². The number of likely N-dealkylation sites (N-methyl/N-ethyl adjacent to an activating group) is 1. The predicted molar refractivity (Wildman–Crippen MR) is 75.5 cm³/mol. The van der Waals surface area contributed by atoms with E-state index >= 15 is 0 Å². The van der Waals surface area contributed by atoms with Gasteiger partial charge in [0, 0.05) is 24.9 Å². The zero-order valence-electron chi connectivity index (χ0n) is 11.6. The van der Waals surface area contributed by atoms with E-state index in [0.29, 0.717) is 24.3 Å². The molecule has 0 aromatic heterocycles. The minimum Gasteiger partial charge on any atom is -0.462 e. The number of rotatable bonds is 6. The quantitative estimate of drug-likeness (QED) is 0.583. The average molecular weight is 261 g/mol. The number of nitrogens with zero attached hydrogens (tertiary/aromatic N) is 1. The maximum absolute atomic E-state index is 11.5. The summed E-state index contributed by atoms with van der Waals surface area (Å²) in [4.78, 5) is 24.5. The second kappa shape index (κ2) is 6.73.